The van der Waals surface area contributed by atoms with Crippen LogP contribution in [0.4, 0.5) is 0 Å². The summed E-state index contributed by atoms with van der Waals surface area (Å²) >= 11 is 2.73. The van der Waals surface area contributed by atoms with Gasteiger partial charge < -0.3 is 4.57 Å². The van der Waals surface area contributed by atoms with Crippen LogP contribution in [0.1, 0.15) is 10.5 Å². The molecule has 15 heavy (non-hydrogen) atoms. The zero-order valence-electron chi connectivity index (χ0n) is 8.08. The van der Waals surface area contributed by atoms with E-state index in [0.29, 0.717) is 5.75 Å². The molecule has 0 aromatic carbocycles. The highest BCUT2D eigenvalue weighted by Gasteiger charge is 2.10. The molecule has 0 bridgehead atoms. The Labute approximate surface area is 95.5 Å². The molecule has 0 radical (unpaired) electrons. The van der Waals surface area contributed by atoms with Crippen LogP contribution in [0.5, 0.6) is 0 Å². The molecule has 78 valence electrons. The summed E-state index contributed by atoms with van der Waals surface area (Å²) in [6, 6.07) is 3.69. The summed E-state index contributed by atoms with van der Waals surface area (Å²) in [5.41, 5.74) is 0.729. The molecule has 4 nitrogen and oxygen atoms in total. The maximum atomic E-state index is 11.7. The lowest BCUT2D eigenvalue weighted by molar-refractivity contribution is 0.101. The smallest absolute Gasteiger partial charge is 0.189 e. The number of ketones is 1. The van der Waals surface area contributed by atoms with Crippen molar-refractivity contribution in [1.82, 2.24) is 13.9 Å². The van der Waals surface area contributed by atoms with E-state index in [0.717, 1.165) is 10.0 Å². The van der Waals surface area contributed by atoms with Crippen LogP contribution in [0.3, 0.4) is 0 Å². The van der Waals surface area contributed by atoms with Gasteiger partial charge >= 0.3 is 0 Å². The predicted molar refractivity (Wildman–Crippen MR) is 60.4 cm³/mol. The van der Waals surface area contributed by atoms with Gasteiger partial charge in [-0.05, 0) is 23.7 Å². The average molecular weight is 239 g/mol. The Bertz CT molecular complexity index is 450. The van der Waals surface area contributed by atoms with Gasteiger partial charge in [-0.1, -0.05) is 11.8 Å². The number of carbonyl (C=O) groups is 1. The molecule has 0 amide bonds. The quantitative estimate of drug-likeness (QED) is 0.603. The lowest BCUT2D eigenvalue weighted by Crippen LogP contribution is -2.07. The van der Waals surface area contributed by atoms with E-state index in [-0.39, 0.29) is 5.78 Å². The molecule has 0 aliphatic carbocycles. The standard InChI is InChI=1S/C9H9N3OS2/c1-12-4-2-3-7(12)8(13)5-14-9-10-6-11-15-9/h2-4,6H,5H2,1H3. The molecule has 0 unspecified atom stereocenters. The maximum Gasteiger partial charge on any atom is 0.189 e. The van der Waals surface area contributed by atoms with E-state index in [1.54, 1.807) is 0 Å². The lowest BCUT2D eigenvalue weighted by Gasteiger charge is -2.00. The van der Waals surface area contributed by atoms with Gasteiger partial charge in [0.15, 0.2) is 10.1 Å². The SMILES string of the molecule is Cn1cccc1C(=O)CSc1ncns1. The van der Waals surface area contributed by atoms with E-state index >= 15 is 0 Å². The Morgan fingerprint density at radius 1 is 1.67 bits per heavy atom. The Balaban J connectivity index is 1.96. The van der Waals surface area contributed by atoms with Crippen molar-refractivity contribution >= 4 is 29.1 Å². The molecule has 2 rings (SSSR count). The first kappa shape index (κ1) is 10.4. The number of aromatic nitrogens is 3. The van der Waals surface area contributed by atoms with E-state index in [9.17, 15) is 4.79 Å². The minimum Gasteiger partial charge on any atom is -0.348 e. The molecule has 0 N–H and O–H groups in total. The summed E-state index contributed by atoms with van der Waals surface area (Å²) in [4.78, 5) is 15.7. The zero-order chi connectivity index (χ0) is 10.7. The van der Waals surface area contributed by atoms with Crippen LogP contribution in [0.15, 0.2) is 29.0 Å². The van der Waals surface area contributed by atoms with Gasteiger partial charge in [-0.2, -0.15) is 4.37 Å². The molecule has 0 aliphatic heterocycles. The number of hydrogen-bond acceptors (Lipinski definition) is 5. The normalized spacial score (nSPS) is 10.5. The van der Waals surface area contributed by atoms with Gasteiger partial charge in [0.25, 0.3) is 0 Å². The first-order chi connectivity index (χ1) is 7.27. The molecule has 2 aromatic rings. The zero-order valence-corrected chi connectivity index (χ0v) is 9.72. The highest BCUT2D eigenvalue weighted by atomic mass is 32.2. The molecule has 2 heterocycles. The van der Waals surface area contributed by atoms with Crippen molar-refractivity contribution in [1.29, 1.82) is 0 Å². The second-order valence-corrected chi connectivity index (χ2v) is 4.93. The minimum absolute atomic E-state index is 0.114. The number of nitrogens with zero attached hydrogens (tertiary/aromatic N) is 3. The fraction of sp³-hybridized carbons (Fsp3) is 0.222. The fourth-order valence-electron chi connectivity index (χ4n) is 1.18. The van der Waals surface area contributed by atoms with Crippen molar-refractivity contribution in [3.05, 3.63) is 30.4 Å². The van der Waals surface area contributed by atoms with Crippen LogP contribution < -0.4 is 0 Å². The summed E-state index contributed by atoms with van der Waals surface area (Å²) in [7, 11) is 1.86. The first-order valence-corrected chi connectivity index (χ1v) is 6.07. The van der Waals surface area contributed by atoms with Crippen molar-refractivity contribution in [2.75, 3.05) is 5.75 Å². The molecule has 0 aliphatic rings. The summed E-state index contributed by atoms with van der Waals surface area (Å²) in [5.74, 6) is 0.523. The van der Waals surface area contributed by atoms with Gasteiger partial charge in [0.05, 0.1) is 11.4 Å². The second-order valence-electron chi connectivity index (χ2n) is 2.92. The number of carbonyl (C=O) groups excluding carboxylic acids is 1. The Morgan fingerprint density at radius 2 is 2.53 bits per heavy atom. The molecular weight excluding hydrogens is 230 g/mol. The minimum atomic E-state index is 0.114. The fourth-order valence-corrected chi connectivity index (χ4v) is 2.50. The van der Waals surface area contributed by atoms with E-state index in [2.05, 4.69) is 9.36 Å². The number of Topliss-reactive ketones (excluding diaryl/α,β-unsaturated/α-hetero) is 1. The molecular formula is C9H9N3OS2. The Morgan fingerprint density at radius 3 is 3.13 bits per heavy atom. The van der Waals surface area contributed by atoms with E-state index in [1.165, 1.54) is 29.6 Å². The van der Waals surface area contributed by atoms with Crippen molar-refractivity contribution in [2.45, 2.75) is 4.34 Å². The highest BCUT2D eigenvalue weighted by Crippen LogP contribution is 2.19. The van der Waals surface area contributed by atoms with E-state index in [1.807, 2.05) is 29.9 Å². The van der Waals surface area contributed by atoms with Crippen LogP contribution >= 0.6 is 23.3 Å². The Hall–Kier alpha value is -1.14. The topological polar surface area (TPSA) is 47.8 Å². The summed E-state index contributed by atoms with van der Waals surface area (Å²) in [6.45, 7) is 0. The van der Waals surface area contributed by atoms with Crippen molar-refractivity contribution in [3.8, 4) is 0 Å². The van der Waals surface area contributed by atoms with Crippen molar-refractivity contribution in [3.63, 3.8) is 0 Å². The van der Waals surface area contributed by atoms with E-state index < -0.39 is 0 Å². The molecule has 2 aromatic heterocycles. The molecule has 6 heteroatoms. The number of thioether (sulfide) groups is 1. The number of rotatable bonds is 4. The number of hydrogen-bond donors (Lipinski definition) is 0. The van der Waals surface area contributed by atoms with Gasteiger partial charge in [-0.15, -0.1) is 0 Å². The molecule has 0 fully saturated rings. The number of aryl methyl sites for hydroxylation is 1. The van der Waals surface area contributed by atoms with Gasteiger partial charge in [-0.25, -0.2) is 4.98 Å². The van der Waals surface area contributed by atoms with Crippen LogP contribution in [-0.4, -0.2) is 25.5 Å². The van der Waals surface area contributed by atoms with Crippen LogP contribution in [0, 0.1) is 0 Å². The first-order valence-electron chi connectivity index (χ1n) is 4.31. The van der Waals surface area contributed by atoms with Crippen LogP contribution in [-0.2, 0) is 7.05 Å². The third-order valence-electron chi connectivity index (χ3n) is 1.90. The monoisotopic (exact) mass is 239 g/mol. The summed E-state index contributed by atoms with van der Waals surface area (Å²) in [6.07, 6.45) is 3.36. The van der Waals surface area contributed by atoms with Crippen LogP contribution in [0.2, 0.25) is 0 Å². The van der Waals surface area contributed by atoms with Gasteiger partial charge in [0, 0.05) is 13.2 Å². The van der Waals surface area contributed by atoms with Gasteiger partial charge in [-0.3, -0.25) is 4.79 Å². The van der Waals surface area contributed by atoms with Crippen molar-refractivity contribution < 1.29 is 4.79 Å². The Kier molecular flexibility index (Phi) is 3.17. The summed E-state index contributed by atoms with van der Waals surface area (Å²) < 4.78 is 6.53. The van der Waals surface area contributed by atoms with Gasteiger partial charge in [0.2, 0.25) is 0 Å². The molecule has 0 saturated heterocycles. The highest BCUT2D eigenvalue weighted by molar-refractivity contribution is 8.01. The second kappa shape index (κ2) is 4.59. The van der Waals surface area contributed by atoms with E-state index in [4.69, 9.17) is 0 Å². The molecule has 0 saturated carbocycles. The molecule has 0 atom stereocenters. The largest absolute Gasteiger partial charge is 0.348 e. The lowest BCUT2D eigenvalue weighted by atomic mass is 10.3. The molecule has 0 spiro atoms. The predicted octanol–water partition coefficient (Wildman–Crippen LogP) is 1.85. The summed E-state index contributed by atoms with van der Waals surface area (Å²) in [5, 5.41) is 0. The third-order valence-corrected chi connectivity index (χ3v) is 3.69. The van der Waals surface area contributed by atoms with Gasteiger partial charge in [0.1, 0.15) is 6.33 Å². The third kappa shape index (κ3) is 2.45. The maximum absolute atomic E-state index is 11.7. The van der Waals surface area contributed by atoms with Crippen LogP contribution in [0.25, 0.3) is 0 Å². The average Bonchev–Trinajstić information content (AvgIpc) is 2.84. The van der Waals surface area contributed by atoms with Crippen molar-refractivity contribution in [2.24, 2.45) is 7.05 Å².